The van der Waals surface area contributed by atoms with Crippen LogP contribution >= 0.6 is 15.9 Å². The molecule has 0 aliphatic rings. The van der Waals surface area contributed by atoms with E-state index >= 15 is 0 Å². The molecule has 0 radical (unpaired) electrons. The van der Waals surface area contributed by atoms with Crippen molar-refractivity contribution in [2.75, 3.05) is 13.7 Å². The summed E-state index contributed by atoms with van der Waals surface area (Å²) in [6, 6.07) is 3.57. The molecule has 0 fully saturated rings. The van der Waals surface area contributed by atoms with Crippen molar-refractivity contribution in [3.63, 3.8) is 0 Å². The van der Waals surface area contributed by atoms with E-state index in [2.05, 4.69) is 25.4 Å². The number of benzene rings is 1. The van der Waals surface area contributed by atoms with Crippen LogP contribution in [0.15, 0.2) is 27.6 Å². The summed E-state index contributed by atoms with van der Waals surface area (Å²) in [4.78, 5) is 20.5. The number of sulfonamides is 1. The second kappa shape index (κ2) is 6.77. The maximum absolute atomic E-state index is 12.0. The Labute approximate surface area is 123 Å². The maximum Gasteiger partial charge on any atom is 0.306 e. The molecule has 20 heavy (non-hydrogen) atoms. The highest BCUT2D eigenvalue weighted by atomic mass is 79.9. The number of esters is 1. The molecule has 0 unspecified atom stereocenters. The van der Waals surface area contributed by atoms with Gasteiger partial charge in [-0.1, -0.05) is 15.9 Å². The number of rotatable bonds is 6. The lowest BCUT2D eigenvalue weighted by Crippen LogP contribution is -2.27. The van der Waals surface area contributed by atoms with Crippen molar-refractivity contribution in [2.24, 2.45) is 0 Å². The van der Waals surface area contributed by atoms with Crippen LogP contribution < -0.4 is 4.72 Å². The number of nitrogens with one attached hydrogen (secondary N) is 1. The predicted molar refractivity (Wildman–Crippen MR) is 72.6 cm³/mol. The quantitative estimate of drug-likeness (QED) is 0.459. The third-order valence-electron chi connectivity index (χ3n) is 2.26. The summed E-state index contributed by atoms with van der Waals surface area (Å²) >= 11 is 3.05. The molecule has 1 rings (SSSR count). The third-order valence-corrected chi connectivity index (χ3v) is 4.24. The molecule has 110 valence electrons. The van der Waals surface area contributed by atoms with Crippen LogP contribution in [0.3, 0.4) is 0 Å². The Morgan fingerprint density at radius 3 is 2.70 bits per heavy atom. The zero-order chi connectivity index (χ0) is 15.3. The molecule has 0 saturated carbocycles. The fourth-order valence-corrected chi connectivity index (χ4v) is 3.06. The Hall–Kier alpha value is -1.52. The van der Waals surface area contributed by atoms with Crippen LogP contribution in [0.5, 0.6) is 0 Å². The van der Waals surface area contributed by atoms with Gasteiger partial charge in [0, 0.05) is 17.1 Å². The van der Waals surface area contributed by atoms with Gasteiger partial charge >= 0.3 is 5.97 Å². The van der Waals surface area contributed by atoms with E-state index in [0.717, 1.165) is 12.1 Å². The van der Waals surface area contributed by atoms with Crippen LogP contribution in [0.25, 0.3) is 0 Å². The second-order valence-electron chi connectivity index (χ2n) is 3.59. The number of halogens is 1. The normalized spacial score (nSPS) is 11.1. The van der Waals surface area contributed by atoms with Crippen molar-refractivity contribution in [1.29, 1.82) is 0 Å². The first-order chi connectivity index (χ1) is 9.27. The number of nitro groups is 1. The molecule has 0 saturated heterocycles. The van der Waals surface area contributed by atoms with E-state index in [1.54, 1.807) is 0 Å². The Bertz CT molecular complexity index is 631. The molecule has 0 bridgehead atoms. The Balaban J connectivity index is 3.00. The molecule has 0 aliphatic carbocycles. The molecule has 0 atom stereocenters. The Kier molecular flexibility index (Phi) is 5.60. The molecule has 1 N–H and O–H groups in total. The first-order valence-electron chi connectivity index (χ1n) is 5.28. The van der Waals surface area contributed by atoms with Crippen LogP contribution in [0, 0.1) is 10.1 Å². The third kappa shape index (κ3) is 4.25. The lowest BCUT2D eigenvalue weighted by atomic mass is 10.3. The minimum absolute atomic E-state index is 0.169. The minimum atomic E-state index is -4.09. The van der Waals surface area contributed by atoms with Gasteiger partial charge in [0.2, 0.25) is 10.0 Å². The van der Waals surface area contributed by atoms with Crippen LogP contribution in [0.2, 0.25) is 0 Å². The molecule has 0 heterocycles. The first kappa shape index (κ1) is 16.5. The van der Waals surface area contributed by atoms with E-state index in [-0.39, 0.29) is 13.0 Å². The van der Waals surface area contributed by atoms with Crippen molar-refractivity contribution in [2.45, 2.75) is 11.3 Å². The zero-order valence-corrected chi connectivity index (χ0v) is 12.7. The highest BCUT2D eigenvalue weighted by Crippen LogP contribution is 2.26. The molecule has 10 heteroatoms. The van der Waals surface area contributed by atoms with Crippen molar-refractivity contribution in [3.05, 3.63) is 32.8 Å². The molecule has 0 amide bonds. The molecular formula is C10H11BrN2O6S. The van der Waals surface area contributed by atoms with Gasteiger partial charge in [-0.3, -0.25) is 14.9 Å². The van der Waals surface area contributed by atoms with E-state index in [1.165, 1.54) is 13.2 Å². The summed E-state index contributed by atoms with van der Waals surface area (Å²) in [5.74, 6) is -0.587. The van der Waals surface area contributed by atoms with Crippen molar-refractivity contribution >= 4 is 37.6 Å². The molecule has 0 spiro atoms. The lowest BCUT2D eigenvalue weighted by Gasteiger charge is -2.07. The number of carbonyl (C=O) groups is 1. The van der Waals surface area contributed by atoms with Gasteiger partial charge in [0.1, 0.15) is 0 Å². The molecule has 1 aromatic carbocycles. The number of nitro benzene ring substituents is 1. The van der Waals surface area contributed by atoms with Gasteiger partial charge in [-0.25, -0.2) is 13.1 Å². The fourth-order valence-electron chi connectivity index (χ4n) is 1.32. The predicted octanol–water partition coefficient (Wildman–Crippen LogP) is 1.20. The van der Waals surface area contributed by atoms with Crippen molar-refractivity contribution < 1.29 is 22.9 Å². The summed E-state index contributed by atoms with van der Waals surface area (Å²) in [5, 5.41) is 10.8. The number of nitrogens with zero attached hydrogens (tertiary/aromatic N) is 1. The Morgan fingerprint density at radius 1 is 1.50 bits per heavy atom. The maximum atomic E-state index is 12.0. The molecule has 0 aliphatic heterocycles. The second-order valence-corrected chi connectivity index (χ2v) is 6.24. The zero-order valence-electron chi connectivity index (χ0n) is 10.3. The minimum Gasteiger partial charge on any atom is -0.469 e. The number of hydrogen-bond donors (Lipinski definition) is 1. The molecule has 8 nitrogen and oxygen atoms in total. The van der Waals surface area contributed by atoms with E-state index in [9.17, 15) is 23.3 Å². The fraction of sp³-hybridized carbons (Fsp3) is 0.300. The van der Waals surface area contributed by atoms with Gasteiger partial charge in [-0.15, -0.1) is 0 Å². The van der Waals surface area contributed by atoms with E-state index in [4.69, 9.17) is 0 Å². The number of carbonyl (C=O) groups excluding carboxylic acids is 1. The van der Waals surface area contributed by atoms with Gasteiger partial charge in [0.15, 0.2) is 4.90 Å². The van der Waals surface area contributed by atoms with Crippen molar-refractivity contribution in [1.82, 2.24) is 4.72 Å². The van der Waals surface area contributed by atoms with Crippen LogP contribution in [-0.2, 0) is 19.6 Å². The SMILES string of the molecule is COC(=O)CCNS(=O)(=O)c1cc(Br)ccc1[N+](=O)[O-]. The van der Waals surface area contributed by atoms with Gasteiger partial charge in [-0.2, -0.15) is 0 Å². The van der Waals surface area contributed by atoms with Gasteiger partial charge in [-0.05, 0) is 12.1 Å². The number of methoxy groups -OCH3 is 1. The van der Waals surface area contributed by atoms with Gasteiger partial charge in [0.25, 0.3) is 5.69 Å². The summed E-state index contributed by atoms with van der Waals surface area (Å²) in [6.07, 6.45) is -0.169. The lowest BCUT2D eigenvalue weighted by molar-refractivity contribution is -0.387. The van der Waals surface area contributed by atoms with E-state index in [1.807, 2.05) is 0 Å². The van der Waals surface area contributed by atoms with Gasteiger partial charge in [0.05, 0.1) is 18.5 Å². The Morgan fingerprint density at radius 2 is 2.15 bits per heavy atom. The average Bonchev–Trinajstić information content (AvgIpc) is 2.37. The van der Waals surface area contributed by atoms with Crippen LogP contribution in [-0.4, -0.2) is 33.0 Å². The molecule has 0 aromatic heterocycles. The van der Waals surface area contributed by atoms with Crippen LogP contribution in [0.4, 0.5) is 5.69 Å². The largest absolute Gasteiger partial charge is 0.469 e. The summed E-state index contributed by atoms with van der Waals surface area (Å²) in [5.41, 5.74) is -0.543. The van der Waals surface area contributed by atoms with E-state index < -0.39 is 31.5 Å². The topological polar surface area (TPSA) is 116 Å². The molecule has 1 aromatic rings. The summed E-state index contributed by atoms with van der Waals surface area (Å²) < 4.78 is 30.8. The van der Waals surface area contributed by atoms with E-state index in [0.29, 0.717) is 4.47 Å². The smallest absolute Gasteiger partial charge is 0.306 e. The highest BCUT2D eigenvalue weighted by molar-refractivity contribution is 9.10. The summed E-state index contributed by atoms with van der Waals surface area (Å²) in [7, 11) is -2.92. The van der Waals surface area contributed by atoms with Gasteiger partial charge < -0.3 is 4.74 Å². The number of ether oxygens (including phenoxy) is 1. The highest BCUT2D eigenvalue weighted by Gasteiger charge is 2.25. The standard InChI is InChI=1S/C10H11BrN2O6S/c1-19-10(14)4-5-12-20(17,18)9-6-7(11)2-3-8(9)13(15)16/h2-3,6,12H,4-5H2,1H3. The first-order valence-corrected chi connectivity index (χ1v) is 7.56. The number of hydrogen-bond acceptors (Lipinski definition) is 6. The monoisotopic (exact) mass is 366 g/mol. The van der Waals surface area contributed by atoms with Crippen LogP contribution in [0.1, 0.15) is 6.42 Å². The average molecular weight is 367 g/mol. The van der Waals surface area contributed by atoms with Crippen molar-refractivity contribution in [3.8, 4) is 0 Å². The summed E-state index contributed by atoms with van der Waals surface area (Å²) in [6.45, 7) is -0.210. The molecular weight excluding hydrogens is 356 g/mol.